The van der Waals surface area contributed by atoms with Crippen LogP contribution in [0.3, 0.4) is 0 Å². The number of nitrogens with two attached hydrogens (primary N) is 1. The summed E-state index contributed by atoms with van der Waals surface area (Å²) < 4.78 is 26.3. The van der Waals surface area contributed by atoms with Crippen molar-refractivity contribution >= 4 is 5.91 Å². The second-order valence-corrected chi connectivity index (χ2v) is 4.60. The molecule has 1 heterocycles. The van der Waals surface area contributed by atoms with Gasteiger partial charge in [0.05, 0.1) is 6.54 Å². The van der Waals surface area contributed by atoms with Crippen LogP contribution in [0.4, 0.5) is 8.78 Å². The van der Waals surface area contributed by atoms with Crippen LogP contribution in [0, 0.1) is 11.6 Å². The average Bonchev–Trinajstić information content (AvgIpc) is 2.42. The molecule has 0 saturated carbocycles. The summed E-state index contributed by atoms with van der Waals surface area (Å²) in [5, 5.41) is 0. The van der Waals surface area contributed by atoms with Gasteiger partial charge in [-0.2, -0.15) is 0 Å². The summed E-state index contributed by atoms with van der Waals surface area (Å²) in [4.78, 5) is 15.1. The number of halogens is 2. The lowest BCUT2D eigenvalue weighted by Crippen LogP contribution is -2.49. The molecule has 0 unspecified atom stereocenters. The van der Waals surface area contributed by atoms with Gasteiger partial charge in [-0.05, 0) is 6.07 Å². The summed E-state index contributed by atoms with van der Waals surface area (Å²) in [7, 11) is 0. The first kappa shape index (κ1) is 13.9. The largest absolute Gasteiger partial charge is 0.339 e. The van der Waals surface area contributed by atoms with E-state index in [9.17, 15) is 13.6 Å². The van der Waals surface area contributed by atoms with Gasteiger partial charge in [-0.15, -0.1) is 0 Å². The number of piperazine rings is 1. The number of hydrogen-bond acceptors (Lipinski definition) is 3. The molecule has 1 aromatic carbocycles. The molecule has 2 N–H and O–H groups in total. The molecular weight excluding hydrogens is 252 g/mol. The third-order valence-corrected chi connectivity index (χ3v) is 3.31. The third-order valence-electron chi connectivity index (χ3n) is 3.31. The van der Waals surface area contributed by atoms with Crippen LogP contribution in [0.2, 0.25) is 0 Å². The SMILES string of the molecule is NCC(=O)N1CCN(Cc2ccc(F)cc2F)CC1. The van der Waals surface area contributed by atoms with Crippen molar-refractivity contribution in [2.75, 3.05) is 32.7 Å². The van der Waals surface area contributed by atoms with Crippen molar-refractivity contribution < 1.29 is 13.6 Å². The minimum absolute atomic E-state index is 0.0204. The van der Waals surface area contributed by atoms with Crippen LogP contribution in [0.5, 0.6) is 0 Å². The summed E-state index contributed by atoms with van der Waals surface area (Å²) in [6, 6.07) is 3.61. The third kappa shape index (κ3) is 3.48. The molecule has 0 atom stereocenters. The molecule has 1 aliphatic rings. The summed E-state index contributed by atoms with van der Waals surface area (Å²) in [6.45, 7) is 2.98. The molecule has 0 bridgehead atoms. The van der Waals surface area contributed by atoms with Crippen molar-refractivity contribution in [1.29, 1.82) is 0 Å². The van der Waals surface area contributed by atoms with E-state index in [4.69, 9.17) is 5.73 Å². The van der Waals surface area contributed by atoms with Gasteiger partial charge in [-0.1, -0.05) is 6.07 Å². The Morgan fingerprint density at radius 1 is 1.21 bits per heavy atom. The van der Waals surface area contributed by atoms with Gasteiger partial charge < -0.3 is 10.6 Å². The van der Waals surface area contributed by atoms with Gasteiger partial charge in [0.1, 0.15) is 11.6 Å². The number of nitrogens with zero attached hydrogens (tertiary/aromatic N) is 2. The van der Waals surface area contributed by atoms with E-state index in [0.717, 1.165) is 6.07 Å². The zero-order valence-electron chi connectivity index (χ0n) is 10.6. The van der Waals surface area contributed by atoms with Gasteiger partial charge in [-0.25, -0.2) is 8.78 Å². The number of carbonyl (C=O) groups is 1. The van der Waals surface area contributed by atoms with E-state index >= 15 is 0 Å². The fourth-order valence-electron chi connectivity index (χ4n) is 2.18. The first-order valence-corrected chi connectivity index (χ1v) is 6.24. The molecule has 0 aliphatic carbocycles. The highest BCUT2D eigenvalue weighted by molar-refractivity contribution is 5.78. The topological polar surface area (TPSA) is 49.6 Å². The second kappa shape index (κ2) is 6.08. The normalized spacial score (nSPS) is 16.7. The Morgan fingerprint density at radius 3 is 2.47 bits per heavy atom. The van der Waals surface area contributed by atoms with Crippen LogP contribution in [-0.4, -0.2) is 48.4 Å². The maximum atomic E-state index is 13.5. The Balaban J connectivity index is 1.90. The van der Waals surface area contributed by atoms with Crippen LogP contribution in [0.25, 0.3) is 0 Å². The van der Waals surface area contributed by atoms with Crippen molar-refractivity contribution in [3.63, 3.8) is 0 Å². The number of amides is 1. The Labute approximate surface area is 110 Å². The predicted molar refractivity (Wildman–Crippen MR) is 67.3 cm³/mol. The molecule has 2 rings (SSSR count). The lowest BCUT2D eigenvalue weighted by atomic mass is 10.2. The van der Waals surface area contributed by atoms with Crippen LogP contribution in [0.1, 0.15) is 5.56 Å². The van der Waals surface area contributed by atoms with E-state index in [0.29, 0.717) is 38.3 Å². The summed E-state index contributed by atoms with van der Waals surface area (Å²) >= 11 is 0. The molecule has 1 aromatic rings. The van der Waals surface area contributed by atoms with Gasteiger partial charge in [0.15, 0.2) is 0 Å². The molecule has 0 spiro atoms. The molecule has 4 nitrogen and oxygen atoms in total. The molecule has 6 heteroatoms. The second-order valence-electron chi connectivity index (χ2n) is 4.60. The number of hydrogen-bond donors (Lipinski definition) is 1. The molecule has 1 fully saturated rings. The number of benzene rings is 1. The molecule has 19 heavy (non-hydrogen) atoms. The van der Waals surface area contributed by atoms with Gasteiger partial charge in [0.25, 0.3) is 0 Å². The Morgan fingerprint density at radius 2 is 1.89 bits per heavy atom. The van der Waals surface area contributed by atoms with Gasteiger partial charge in [-0.3, -0.25) is 9.69 Å². The van der Waals surface area contributed by atoms with Crippen LogP contribution in [-0.2, 0) is 11.3 Å². The van der Waals surface area contributed by atoms with Crippen LogP contribution in [0.15, 0.2) is 18.2 Å². The first-order chi connectivity index (χ1) is 9.10. The Hall–Kier alpha value is -1.53. The lowest BCUT2D eigenvalue weighted by Gasteiger charge is -2.34. The maximum Gasteiger partial charge on any atom is 0.236 e. The van der Waals surface area contributed by atoms with E-state index in [2.05, 4.69) is 0 Å². The van der Waals surface area contributed by atoms with E-state index in [1.165, 1.54) is 12.1 Å². The Kier molecular flexibility index (Phi) is 4.44. The smallest absolute Gasteiger partial charge is 0.236 e. The van der Waals surface area contributed by atoms with Crippen molar-refractivity contribution in [3.8, 4) is 0 Å². The molecule has 104 valence electrons. The Bertz CT molecular complexity index is 459. The molecule has 1 amide bonds. The molecular formula is C13H17F2N3O. The van der Waals surface area contributed by atoms with Crippen molar-refractivity contribution in [2.45, 2.75) is 6.54 Å². The summed E-state index contributed by atoms with van der Waals surface area (Å²) in [5.74, 6) is -1.16. The quantitative estimate of drug-likeness (QED) is 0.872. The minimum Gasteiger partial charge on any atom is -0.339 e. The molecule has 0 aromatic heterocycles. The van der Waals surface area contributed by atoms with E-state index < -0.39 is 11.6 Å². The maximum absolute atomic E-state index is 13.5. The predicted octanol–water partition coefficient (Wildman–Crippen LogP) is 0.568. The average molecular weight is 269 g/mol. The number of carbonyl (C=O) groups excluding carboxylic acids is 1. The summed E-state index contributed by atoms with van der Waals surface area (Å²) in [6.07, 6.45) is 0. The highest BCUT2D eigenvalue weighted by Gasteiger charge is 2.20. The molecule has 0 radical (unpaired) electrons. The highest BCUT2D eigenvalue weighted by Crippen LogP contribution is 2.13. The van der Waals surface area contributed by atoms with Gasteiger partial charge >= 0.3 is 0 Å². The van der Waals surface area contributed by atoms with Crippen molar-refractivity contribution in [2.24, 2.45) is 5.73 Å². The van der Waals surface area contributed by atoms with E-state index in [1.807, 2.05) is 4.90 Å². The fourth-order valence-corrected chi connectivity index (χ4v) is 2.18. The number of rotatable bonds is 3. The fraction of sp³-hybridized carbons (Fsp3) is 0.462. The van der Waals surface area contributed by atoms with Crippen molar-refractivity contribution in [3.05, 3.63) is 35.4 Å². The highest BCUT2D eigenvalue weighted by atomic mass is 19.1. The van der Waals surface area contributed by atoms with Gasteiger partial charge in [0, 0.05) is 44.4 Å². The minimum atomic E-state index is -0.570. The molecule has 1 saturated heterocycles. The zero-order valence-corrected chi connectivity index (χ0v) is 10.6. The van der Waals surface area contributed by atoms with E-state index in [1.54, 1.807) is 4.90 Å². The monoisotopic (exact) mass is 269 g/mol. The van der Waals surface area contributed by atoms with Crippen molar-refractivity contribution in [1.82, 2.24) is 9.80 Å². The standard InChI is InChI=1S/C13H17F2N3O/c14-11-2-1-10(12(15)7-11)9-17-3-5-18(6-4-17)13(19)8-16/h1-2,7H,3-6,8-9,16H2. The van der Waals surface area contributed by atoms with E-state index in [-0.39, 0.29) is 12.5 Å². The summed E-state index contributed by atoms with van der Waals surface area (Å²) in [5.41, 5.74) is 5.78. The molecule has 1 aliphatic heterocycles. The lowest BCUT2D eigenvalue weighted by molar-refractivity contribution is -0.131. The zero-order chi connectivity index (χ0) is 13.8. The van der Waals surface area contributed by atoms with Gasteiger partial charge in [0.2, 0.25) is 5.91 Å². The first-order valence-electron chi connectivity index (χ1n) is 6.24. The van der Waals surface area contributed by atoms with Crippen LogP contribution < -0.4 is 5.73 Å². The van der Waals surface area contributed by atoms with Crippen LogP contribution >= 0.6 is 0 Å².